The number of nitrogens with one attached hydrogen (secondary N) is 1. The van der Waals surface area contributed by atoms with Gasteiger partial charge in [-0.05, 0) is 30.5 Å². The SMILES string of the molecule is CC(C)CC(CN)NS(=O)(=O)c1ccc2c(c1)C(=O)N(C)C2=O. The molecule has 1 aliphatic heterocycles. The molecule has 0 spiro atoms. The number of nitrogens with zero attached hydrogens (tertiary/aromatic N) is 1. The maximum Gasteiger partial charge on any atom is 0.261 e. The van der Waals surface area contributed by atoms with Gasteiger partial charge in [-0.25, -0.2) is 13.1 Å². The van der Waals surface area contributed by atoms with Crippen LogP contribution in [0.25, 0.3) is 0 Å². The fraction of sp³-hybridized carbons (Fsp3) is 0.467. The Morgan fingerprint density at radius 3 is 2.35 bits per heavy atom. The fourth-order valence-electron chi connectivity index (χ4n) is 2.56. The molecule has 0 fully saturated rings. The van der Waals surface area contributed by atoms with Crippen LogP contribution < -0.4 is 10.5 Å². The zero-order valence-electron chi connectivity index (χ0n) is 13.4. The fourth-order valence-corrected chi connectivity index (χ4v) is 3.84. The van der Waals surface area contributed by atoms with Gasteiger partial charge in [0.05, 0.1) is 16.0 Å². The molecule has 23 heavy (non-hydrogen) atoms. The number of carbonyl (C=O) groups excluding carboxylic acids is 2. The van der Waals surface area contributed by atoms with Crippen LogP contribution >= 0.6 is 0 Å². The first kappa shape index (κ1) is 17.6. The summed E-state index contributed by atoms with van der Waals surface area (Å²) < 4.78 is 27.5. The van der Waals surface area contributed by atoms with Gasteiger partial charge in [0.2, 0.25) is 10.0 Å². The van der Waals surface area contributed by atoms with Gasteiger partial charge in [-0.2, -0.15) is 0 Å². The highest BCUT2D eigenvalue weighted by molar-refractivity contribution is 7.89. The average molecular weight is 339 g/mol. The molecule has 8 heteroatoms. The minimum absolute atomic E-state index is 0.0464. The maximum absolute atomic E-state index is 12.5. The third-order valence-corrected chi connectivity index (χ3v) is 5.25. The van der Waals surface area contributed by atoms with Crippen LogP contribution in [0.4, 0.5) is 0 Å². The van der Waals surface area contributed by atoms with Crippen LogP contribution in [-0.2, 0) is 10.0 Å². The van der Waals surface area contributed by atoms with Crippen LogP contribution in [0.3, 0.4) is 0 Å². The van der Waals surface area contributed by atoms with Gasteiger partial charge >= 0.3 is 0 Å². The van der Waals surface area contributed by atoms with Crippen LogP contribution in [0.15, 0.2) is 23.1 Å². The van der Waals surface area contributed by atoms with E-state index in [2.05, 4.69) is 4.72 Å². The minimum atomic E-state index is -3.81. The molecule has 0 saturated heterocycles. The molecular weight excluding hydrogens is 318 g/mol. The van der Waals surface area contributed by atoms with Crippen molar-refractivity contribution in [3.8, 4) is 0 Å². The highest BCUT2D eigenvalue weighted by atomic mass is 32.2. The topological polar surface area (TPSA) is 110 Å². The zero-order chi connectivity index (χ0) is 17.4. The Morgan fingerprint density at radius 2 is 1.78 bits per heavy atom. The van der Waals surface area contributed by atoms with E-state index in [9.17, 15) is 18.0 Å². The molecule has 1 heterocycles. The number of hydrogen-bond acceptors (Lipinski definition) is 5. The molecule has 0 saturated carbocycles. The van der Waals surface area contributed by atoms with Gasteiger partial charge in [-0.1, -0.05) is 13.8 Å². The van der Waals surface area contributed by atoms with Crippen molar-refractivity contribution in [3.05, 3.63) is 29.3 Å². The summed E-state index contributed by atoms with van der Waals surface area (Å²) in [6.45, 7) is 4.14. The molecule has 0 bridgehead atoms. The third kappa shape index (κ3) is 3.44. The molecule has 126 valence electrons. The van der Waals surface area contributed by atoms with Gasteiger partial charge in [-0.3, -0.25) is 14.5 Å². The second-order valence-corrected chi connectivity index (χ2v) is 7.77. The van der Waals surface area contributed by atoms with Crippen molar-refractivity contribution in [1.82, 2.24) is 9.62 Å². The molecular formula is C15H21N3O4S. The number of nitrogens with two attached hydrogens (primary N) is 1. The van der Waals surface area contributed by atoms with Crippen molar-refractivity contribution in [3.63, 3.8) is 0 Å². The number of hydrogen-bond donors (Lipinski definition) is 2. The third-order valence-electron chi connectivity index (χ3n) is 3.73. The monoisotopic (exact) mass is 339 g/mol. The van der Waals surface area contributed by atoms with Crippen molar-refractivity contribution in [2.75, 3.05) is 13.6 Å². The summed E-state index contributed by atoms with van der Waals surface area (Å²) in [5.74, 6) is -0.639. The van der Waals surface area contributed by atoms with Crippen molar-refractivity contribution in [2.45, 2.75) is 31.2 Å². The Labute approximate surface area is 135 Å². The Balaban J connectivity index is 2.32. The normalized spacial score (nSPS) is 16.1. The minimum Gasteiger partial charge on any atom is -0.329 e. The molecule has 1 aliphatic rings. The highest BCUT2D eigenvalue weighted by Gasteiger charge is 2.34. The maximum atomic E-state index is 12.5. The van der Waals surface area contributed by atoms with Gasteiger partial charge < -0.3 is 5.73 Å². The number of sulfonamides is 1. The standard InChI is InChI=1S/C15H21N3O4S/c1-9(2)6-10(8-16)17-23(21,22)11-4-5-12-13(7-11)15(20)18(3)14(12)19/h4-5,7,9-10,17H,6,8,16H2,1-3H3. The quantitative estimate of drug-likeness (QED) is 0.736. The van der Waals surface area contributed by atoms with E-state index in [1.165, 1.54) is 25.2 Å². The first-order valence-corrected chi connectivity index (χ1v) is 8.84. The summed E-state index contributed by atoms with van der Waals surface area (Å²) in [5, 5.41) is 0. The van der Waals surface area contributed by atoms with E-state index >= 15 is 0 Å². The van der Waals surface area contributed by atoms with Crippen LogP contribution in [0.1, 0.15) is 41.0 Å². The van der Waals surface area contributed by atoms with Crippen molar-refractivity contribution in [1.29, 1.82) is 0 Å². The summed E-state index contributed by atoms with van der Waals surface area (Å²) in [4.78, 5) is 24.7. The predicted octanol–water partition coefficient (Wildman–Crippen LogP) is 0.564. The lowest BCUT2D eigenvalue weighted by Crippen LogP contribution is -2.41. The van der Waals surface area contributed by atoms with E-state index < -0.39 is 21.8 Å². The van der Waals surface area contributed by atoms with E-state index in [0.29, 0.717) is 12.3 Å². The Kier molecular flexibility index (Phi) is 4.88. The summed E-state index contributed by atoms with van der Waals surface area (Å²) in [5.41, 5.74) is 5.94. The lowest BCUT2D eigenvalue weighted by atomic mass is 10.1. The molecule has 2 amide bonds. The largest absolute Gasteiger partial charge is 0.329 e. The highest BCUT2D eigenvalue weighted by Crippen LogP contribution is 2.24. The molecule has 1 aromatic carbocycles. The Hall–Kier alpha value is -1.77. The second-order valence-electron chi connectivity index (χ2n) is 6.06. The van der Waals surface area contributed by atoms with Gasteiger partial charge in [0.15, 0.2) is 0 Å². The number of carbonyl (C=O) groups is 2. The van der Waals surface area contributed by atoms with E-state index in [-0.39, 0.29) is 28.6 Å². The summed E-state index contributed by atoms with van der Waals surface area (Å²) in [6, 6.07) is 3.56. The molecule has 0 radical (unpaired) electrons. The first-order chi connectivity index (χ1) is 10.7. The Bertz CT molecular complexity index is 743. The van der Waals surface area contributed by atoms with Crippen molar-refractivity contribution in [2.24, 2.45) is 11.7 Å². The summed E-state index contributed by atoms with van der Waals surface area (Å²) >= 11 is 0. The molecule has 2 rings (SSSR count). The van der Waals surface area contributed by atoms with E-state index in [0.717, 1.165) is 4.90 Å². The zero-order valence-corrected chi connectivity index (χ0v) is 14.2. The second kappa shape index (κ2) is 6.38. The number of rotatable bonds is 6. The van der Waals surface area contributed by atoms with Gasteiger partial charge in [0, 0.05) is 19.6 Å². The lowest BCUT2D eigenvalue weighted by molar-refractivity contribution is 0.0693. The number of imide groups is 1. The number of amides is 2. The molecule has 7 nitrogen and oxygen atoms in total. The average Bonchev–Trinajstić information content (AvgIpc) is 2.70. The smallest absolute Gasteiger partial charge is 0.261 e. The van der Waals surface area contributed by atoms with Crippen LogP contribution in [0, 0.1) is 5.92 Å². The van der Waals surface area contributed by atoms with E-state index in [1.54, 1.807) is 0 Å². The summed E-state index contributed by atoms with van der Waals surface area (Å²) in [7, 11) is -2.44. The molecule has 0 aromatic heterocycles. The molecule has 3 N–H and O–H groups in total. The molecule has 0 aliphatic carbocycles. The van der Waals surface area contributed by atoms with Crippen LogP contribution in [0.2, 0.25) is 0 Å². The summed E-state index contributed by atoms with van der Waals surface area (Å²) in [6.07, 6.45) is 0.612. The van der Waals surface area contributed by atoms with Crippen molar-refractivity contribution >= 4 is 21.8 Å². The molecule has 1 atom stereocenters. The lowest BCUT2D eigenvalue weighted by Gasteiger charge is -2.19. The van der Waals surface area contributed by atoms with Gasteiger partial charge in [0.1, 0.15) is 0 Å². The molecule has 1 unspecified atom stereocenters. The van der Waals surface area contributed by atoms with Crippen molar-refractivity contribution < 1.29 is 18.0 Å². The van der Waals surface area contributed by atoms with Crippen LogP contribution in [-0.4, -0.2) is 44.8 Å². The number of benzene rings is 1. The molecule has 1 aromatic rings. The van der Waals surface area contributed by atoms with E-state index in [1.807, 2.05) is 13.8 Å². The van der Waals surface area contributed by atoms with Gasteiger partial charge in [0.25, 0.3) is 11.8 Å². The van der Waals surface area contributed by atoms with Crippen LogP contribution in [0.5, 0.6) is 0 Å². The van der Waals surface area contributed by atoms with Gasteiger partial charge in [-0.15, -0.1) is 0 Å². The van der Waals surface area contributed by atoms with E-state index in [4.69, 9.17) is 5.73 Å². The Morgan fingerprint density at radius 1 is 1.17 bits per heavy atom. The predicted molar refractivity (Wildman–Crippen MR) is 85.5 cm³/mol. The number of fused-ring (bicyclic) bond motifs is 1. The first-order valence-electron chi connectivity index (χ1n) is 7.36.